The van der Waals surface area contributed by atoms with Gasteiger partial charge in [-0.1, -0.05) is 25.1 Å². The van der Waals surface area contributed by atoms with Gasteiger partial charge in [-0.3, -0.25) is 4.79 Å². The Balaban J connectivity index is 2.30. The van der Waals surface area contributed by atoms with E-state index < -0.39 is 0 Å². The van der Waals surface area contributed by atoms with Crippen LogP contribution in [0.1, 0.15) is 40.4 Å². The molecule has 0 spiro atoms. The maximum atomic E-state index is 12.6. The summed E-state index contributed by atoms with van der Waals surface area (Å²) in [7, 11) is 1.62. The van der Waals surface area contributed by atoms with E-state index in [-0.39, 0.29) is 5.78 Å². The molecule has 2 heteroatoms. The zero-order valence-electron chi connectivity index (χ0n) is 13.6. The zero-order valence-corrected chi connectivity index (χ0v) is 13.6. The molecule has 0 aliphatic heterocycles. The average Bonchev–Trinajstić information content (AvgIpc) is 2.55. The molecular weight excluding hydrogens is 272 g/mol. The van der Waals surface area contributed by atoms with Crippen molar-refractivity contribution in [3.8, 4) is 5.75 Å². The van der Waals surface area contributed by atoms with Crippen molar-refractivity contribution in [3.63, 3.8) is 0 Å². The van der Waals surface area contributed by atoms with Crippen LogP contribution in [-0.4, -0.2) is 12.9 Å². The summed E-state index contributed by atoms with van der Waals surface area (Å²) in [6.07, 6.45) is 2.69. The first-order valence-corrected chi connectivity index (χ1v) is 7.51. The second kappa shape index (κ2) is 7.08. The van der Waals surface area contributed by atoms with Gasteiger partial charge in [0.15, 0.2) is 5.78 Å². The third-order valence-electron chi connectivity index (χ3n) is 3.90. The van der Waals surface area contributed by atoms with Crippen molar-refractivity contribution >= 4 is 11.9 Å². The van der Waals surface area contributed by atoms with Crippen molar-refractivity contribution in [1.29, 1.82) is 0 Å². The van der Waals surface area contributed by atoms with Gasteiger partial charge in [0.05, 0.1) is 7.11 Å². The molecule has 114 valence electrons. The van der Waals surface area contributed by atoms with Gasteiger partial charge in [0.2, 0.25) is 0 Å². The van der Waals surface area contributed by atoms with Crippen LogP contribution in [0.5, 0.6) is 5.75 Å². The molecule has 0 aromatic heterocycles. The number of aryl methyl sites for hydroxylation is 2. The predicted molar refractivity (Wildman–Crippen MR) is 91.5 cm³/mol. The maximum Gasteiger partial charge on any atom is 0.189 e. The number of rotatable bonds is 5. The highest BCUT2D eigenvalue weighted by atomic mass is 16.5. The molecule has 0 fully saturated rings. The average molecular weight is 294 g/mol. The summed E-state index contributed by atoms with van der Waals surface area (Å²) in [5, 5.41) is 0. The van der Waals surface area contributed by atoms with Gasteiger partial charge in [0.1, 0.15) is 5.75 Å². The third-order valence-corrected chi connectivity index (χ3v) is 3.90. The molecule has 0 N–H and O–H groups in total. The molecule has 0 aliphatic rings. The molecule has 2 aromatic rings. The van der Waals surface area contributed by atoms with Crippen LogP contribution in [0.4, 0.5) is 0 Å². The smallest absolute Gasteiger partial charge is 0.189 e. The van der Waals surface area contributed by atoms with Crippen LogP contribution >= 0.6 is 0 Å². The molecule has 22 heavy (non-hydrogen) atoms. The van der Waals surface area contributed by atoms with Crippen LogP contribution < -0.4 is 4.74 Å². The second-order valence-corrected chi connectivity index (χ2v) is 5.42. The zero-order chi connectivity index (χ0) is 16.1. The Morgan fingerprint density at radius 3 is 2.27 bits per heavy atom. The third kappa shape index (κ3) is 3.64. The highest BCUT2D eigenvalue weighted by molar-refractivity contribution is 6.11. The lowest BCUT2D eigenvalue weighted by atomic mass is 9.97. The highest BCUT2D eigenvalue weighted by Gasteiger charge is 2.11. The van der Waals surface area contributed by atoms with Gasteiger partial charge in [-0.2, -0.15) is 0 Å². The van der Waals surface area contributed by atoms with Crippen LogP contribution in [-0.2, 0) is 0 Å². The summed E-state index contributed by atoms with van der Waals surface area (Å²) >= 11 is 0. The van der Waals surface area contributed by atoms with Gasteiger partial charge in [-0.15, -0.1) is 0 Å². The monoisotopic (exact) mass is 294 g/mol. The lowest BCUT2D eigenvalue weighted by molar-refractivity contribution is 0.103. The van der Waals surface area contributed by atoms with Crippen LogP contribution in [0.2, 0.25) is 0 Å². The molecule has 2 aromatic carbocycles. The Kier molecular flexibility index (Phi) is 5.16. The number of hydrogen-bond acceptors (Lipinski definition) is 2. The van der Waals surface area contributed by atoms with Gasteiger partial charge in [0, 0.05) is 11.1 Å². The first kappa shape index (κ1) is 16.0. The van der Waals surface area contributed by atoms with Crippen molar-refractivity contribution in [2.75, 3.05) is 7.11 Å². The molecule has 0 saturated carbocycles. The lowest BCUT2D eigenvalue weighted by Gasteiger charge is -2.07. The van der Waals surface area contributed by atoms with E-state index in [1.807, 2.05) is 37.3 Å². The molecule has 0 aliphatic carbocycles. The number of benzene rings is 2. The molecule has 0 radical (unpaired) electrons. The van der Waals surface area contributed by atoms with Gasteiger partial charge in [-0.25, -0.2) is 0 Å². The van der Waals surface area contributed by atoms with Crippen molar-refractivity contribution in [1.82, 2.24) is 0 Å². The largest absolute Gasteiger partial charge is 0.497 e. The highest BCUT2D eigenvalue weighted by Crippen LogP contribution is 2.19. The Morgan fingerprint density at radius 1 is 1.05 bits per heavy atom. The number of ether oxygens (including phenoxy) is 1. The van der Waals surface area contributed by atoms with E-state index in [2.05, 4.69) is 32.0 Å². The summed E-state index contributed by atoms with van der Waals surface area (Å²) in [5.74, 6) is 0.830. The summed E-state index contributed by atoms with van der Waals surface area (Å²) in [6, 6.07) is 13.5. The van der Waals surface area contributed by atoms with Crippen molar-refractivity contribution < 1.29 is 9.53 Å². The number of hydrogen-bond donors (Lipinski definition) is 0. The fourth-order valence-electron chi connectivity index (χ4n) is 2.31. The normalized spacial score (nSPS) is 11.4. The van der Waals surface area contributed by atoms with E-state index in [9.17, 15) is 4.79 Å². The molecule has 0 heterocycles. The summed E-state index contributed by atoms with van der Waals surface area (Å²) < 4.78 is 5.13. The van der Waals surface area contributed by atoms with Gasteiger partial charge < -0.3 is 4.74 Å². The second-order valence-electron chi connectivity index (χ2n) is 5.42. The standard InChI is InChI=1S/C20H22O2/c1-5-17(13-16-7-6-14(2)15(3)12-16)20(21)18-8-10-19(22-4)11-9-18/h6-13H,5H2,1-4H3/b17-13+. The first-order valence-electron chi connectivity index (χ1n) is 7.51. The molecule has 2 rings (SSSR count). The topological polar surface area (TPSA) is 26.3 Å². The molecule has 0 saturated heterocycles. The van der Waals surface area contributed by atoms with Crippen molar-refractivity contribution in [3.05, 3.63) is 70.3 Å². The van der Waals surface area contributed by atoms with Crippen LogP contribution in [0.25, 0.3) is 6.08 Å². The number of allylic oxidation sites excluding steroid dienone is 1. The summed E-state index contributed by atoms with van der Waals surface area (Å²) in [5.41, 5.74) is 5.07. The summed E-state index contributed by atoms with van der Waals surface area (Å²) in [6.45, 7) is 6.18. The molecular formula is C20H22O2. The van der Waals surface area contributed by atoms with E-state index >= 15 is 0 Å². The Morgan fingerprint density at radius 2 is 1.73 bits per heavy atom. The lowest BCUT2D eigenvalue weighted by Crippen LogP contribution is -2.02. The fraction of sp³-hybridized carbons (Fsp3) is 0.250. The number of carbonyl (C=O) groups excluding carboxylic acids is 1. The molecule has 0 bridgehead atoms. The minimum absolute atomic E-state index is 0.0726. The number of methoxy groups -OCH3 is 1. The number of carbonyl (C=O) groups is 1. The number of ketones is 1. The molecule has 0 unspecified atom stereocenters. The molecule has 2 nitrogen and oxygen atoms in total. The maximum absolute atomic E-state index is 12.6. The number of Topliss-reactive ketones (excluding diaryl/α,β-unsaturated/α-hetero) is 1. The SMILES string of the molecule is CC/C(=C\c1ccc(C)c(C)c1)C(=O)c1ccc(OC)cc1. The Bertz CT molecular complexity index is 694. The van der Waals surface area contributed by atoms with E-state index in [1.165, 1.54) is 11.1 Å². The van der Waals surface area contributed by atoms with E-state index in [4.69, 9.17) is 4.74 Å². The Hall–Kier alpha value is -2.35. The molecule has 0 atom stereocenters. The minimum Gasteiger partial charge on any atom is -0.497 e. The predicted octanol–water partition coefficient (Wildman–Crippen LogP) is 4.99. The van der Waals surface area contributed by atoms with Gasteiger partial charge in [0.25, 0.3) is 0 Å². The molecule has 0 amide bonds. The van der Waals surface area contributed by atoms with E-state index in [0.717, 1.165) is 16.9 Å². The van der Waals surface area contributed by atoms with Crippen LogP contribution in [0, 0.1) is 13.8 Å². The van der Waals surface area contributed by atoms with Crippen LogP contribution in [0.3, 0.4) is 0 Å². The van der Waals surface area contributed by atoms with Gasteiger partial charge >= 0.3 is 0 Å². The van der Waals surface area contributed by atoms with E-state index in [1.54, 1.807) is 7.11 Å². The Labute approximate surface area is 132 Å². The fourth-order valence-corrected chi connectivity index (χ4v) is 2.31. The van der Waals surface area contributed by atoms with Crippen LogP contribution in [0.15, 0.2) is 48.0 Å². The van der Waals surface area contributed by atoms with Gasteiger partial charge in [-0.05, 0) is 67.3 Å². The van der Waals surface area contributed by atoms with Crippen molar-refractivity contribution in [2.45, 2.75) is 27.2 Å². The van der Waals surface area contributed by atoms with E-state index in [0.29, 0.717) is 12.0 Å². The minimum atomic E-state index is 0.0726. The first-order chi connectivity index (χ1) is 10.5. The summed E-state index contributed by atoms with van der Waals surface area (Å²) in [4.78, 5) is 12.6. The van der Waals surface area contributed by atoms with Crippen molar-refractivity contribution in [2.24, 2.45) is 0 Å². The quantitative estimate of drug-likeness (QED) is 0.573.